The number of para-hydroxylation sites is 1. The highest BCUT2D eigenvalue weighted by Crippen LogP contribution is 2.22. The summed E-state index contributed by atoms with van der Waals surface area (Å²) in [7, 11) is 1.22. The number of Topliss-reactive ketones (excluding diaryl/α,β-unsaturated/α-hetero) is 1. The van der Waals surface area contributed by atoms with Gasteiger partial charge in [-0.05, 0) is 52.4 Å². The lowest BCUT2D eigenvalue weighted by Crippen LogP contribution is -2.29. The Hall–Kier alpha value is -2.72. The molecule has 1 unspecified atom stereocenters. The number of carbonyl (C=O) groups excluding carboxylic acids is 2. The Morgan fingerprint density at radius 1 is 1.29 bits per heavy atom. The molecule has 28 heavy (non-hydrogen) atoms. The number of halogens is 1. The minimum absolute atomic E-state index is 0.379. The third-order valence-electron chi connectivity index (χ3n) is 4.08. The molecule has 0 fully saturated rings. The van der Waals surface area contributed by atoms with Crippen molar-refractivity contribution in [3.05, 3.63) is 63.4 Å². The summed E-state index contributed by atoms with van der Waals surface area (Å²) in [6.07, 6.45) is 3.02. The zero-order chi connectivity index (χ0) is 20.1. The van der Waals surface area contributed by atoms with Crippen LogP contribution >= 0.6 is 22.6 Å². The molecule has 8 heteroatoms. The molecule has 1 aromatic heterocycles. The van der Waals surface area contributed by atoms with Gasteiger partial charge < -0.3 is 19.6 Å². The van der Waals surface area contributed by atoms with E-state index in [1.165, 1.54) is 13.3 Å². The molecular weight excluding hydrogens is 475 g/mol. The summed E-state index contributed by atoms with van der Waals surface area (Å²) in [5.41, 5.74) is 1.85. The lowest BCUT2D eigenvalue weighted by atomic mass is 10.0. The second kappa shape index (κ2) is 8.98. The van der Waals surface area contributed by atoms with E-state index in [0.29, 0.717) is 16.9 Å². The van der Waals surface area contributed by atoms with Crippen LogP contribution in [0.25, 0.3) is 10.9 Å². The number of ether oxygens (including phenoxy) is 2. The summed E-state index contributed by atoms with van der Waals surface area (Å²) < 4.78 is 10.6. The summed E-state index contributed by atoms with van der Waals surface area (Å²) in [6.45, 7) is -0.424. The van der Waals surface area contributed by atoms with Gasteiger partial charge >= 0.3 is 5.97 Å². The first-order valence-corrected chi connectivity index (χ1v) is 9.37. The lowest BCUT2D eigenvalue weighted by Gasteiger charge is -2.09. The number of nitrogens with zero attached hydrogens (tertiary/aromatic N) is 1. The van der Waals surface area contributed by atoms with Crippen molar-refractivity contribution in [1.29, 1.82) is 0 Å². The molecule has 0 aliphatic heterocycles. The average Bonchev–Trinajstić information content (AvgIpc) is 3.14. The molecule has 0 radical (unpaired) electrons. The molecule has 0 aliphatic carbocycles. The van der Waals surface area contributed by atoms with Crippen molar-refractivity contribution in [3.63, 3.8) is 0 Å². The fraction of sp³-hybridized carbons (Fsp3) is 0.150. The molecule has 144 valence electrons. The quantitative estimate of drug-likeness (QED) is 0.132. The number of esters is 1. The van der Waals surface area contributed by atoms with E-state index in [1.807, 2.05) is 18.2 Å². The highest BCUT2D eigenvalue weighted by Gasteiger charge is 2.29. The minimum atomic E-state index is -1.31. The Balaban J connectivity index is 1.90. The Labute approximate surface area is 174 Å². The van der Waals surface area contributed by atoms with E-state index < -0.39 is 24.6 Å². The first-order valence-electron chi connectivity index (χ1n) is 8.29. The van der Waals surface area contributed by atoms with Gasteiger partial charge in [0.05, 0.1) is 10.7 Å². The summed E-state index contributed by atoms with van der Waals surface area (Å²) in [6, 6.07) is 11.2. The number of aliphatic hydroxyl groups is 1. The number of aromatic amines is 1. The van der Waals surface area contributed by atoms with Crippen LogP contribution in [0.1, 0.15) is 15.9 Å². The van der Waals surface area contributed by atoms with Gasteiger partial charge in [0, 0.05) is 28.9 Å². The van der Waals surface area contributed by atoms with E-state index in [9.17, 15) is 9.59 Å². The van der Waals surface area contributed by atoms with Crippen molar-refractivity contribution >= 4 is 51.5 Å². The molecule has 7 nitrogen and oxygen atoms in total. The average molecular weight is 492 g/mol. The van der Waals surface area contributed by atoms with Crippen LogP contribution in [0.4, 0.5) is 0 Å². The van der Waals surface area contributed by atoms with E-state index in [4.69, 9.17) is 14.6 Å². The number of nitrogens with one attached hydrogen (secondary N) is 1. The Bertz CT molecular complexity index is 1040. The molecule has 2 N–H and O–H groups in total. The predicted octanol–water partition coefficient (Wildman–Crippen LogP) is 2.94. The summed E-state index contributed by atoms with van der Waals surface area (Å²) >= 11 is 2.06. The second-order valence-corrected chi connectivity index (χ2v) is 6.94. The van der Waals surface area contributed by atoms with E-state index in [1.54, 1.807) is 30.5 Å². The molecule has 3 rings (SSSR count). The van der Waals surface area contributed by atoms with Crippen LogP contribution in [-0.4, -0.2) is 48.0 Å². The SMILES string of the molecule is COC(=O)C(/N=C/c1ccc(OCO)c(I)c1)C(=O)c1c[nH]c2ccccc12. The number of aromatic nitrogens is 1. The Kier molecular flexibility index (Phi) is 6.42. The van der Waals surface area contributed by atoms with Crippen molar-refractivity contribution in [3.8, 4) is 5.75 Å². The van der Waals surface area contributed by atoms with Gasteiger partial charge in [0.15, 0.2) is 6.79 Å². The highest BCUT2D eigenvalue weighted by atomic mass is 127. The van der Waals surface area contributed by atoms with Gasteiger partial charge in [-0.1, -0.05) is 18.2 Å². The number of aliphatic imine (C=N–C) groups is 1. The van der Waals surface area contributed by atoms with Crippen LogP contribution in [-0.2, 0) is 9.53 Å². The number of rotatable bonds is 7. The van der Waals surface area contributed by atoms with Crippen molar-refractivity contribution in [2.24, 2.45) is 4.99 Å². The molecule has 0 aliphatic rings. The third-order valence-corrected chi connectivity index (χ3v) is 4.92. The van der Waals surface area contributed by atoms with Gasteiger partial charge in [0.25, 0.3) is 0 Å². The second-order valence-electron chi connectivity index (χ2n) is 5.78. The molecule has 1 heterocycles. The Morgan fingerprint density at radius 3 is 2.79 bits per heavy atom. The molecule has 1 atom stereocenters. The number of methoxy groups -OCH3 is 1. The largest absolute Gasteiger partial charge is 0.467 e. The molecule has 3 aromatic rings. The van der Waals surface area contributed by atoms with Crippen LogP contribution in [0.3, 0.4) is 0 Å². The van der Waals surface area contributed by atoms with Gasteiger partial charge in [-0.3, -0.25) is 9.79 Å². The topological polar surface area (TPSA) is 101 Å². The maximum Gasteiger partial charge on any atom is 0.338 e. The molecule has 2 aromatic carbocycles. The number of aliphatic hydroxyl groups excluding tert-OH is 1. The summed E-state index contributed by atoms with van der Waals surface area (Å²) in [5, 5.41) is 9.58. The maximum atomic E-state index is 13.0. The number of H-pyrrole nitrogens is 1. The fourth-order valence-corrected chi connectivity index (χ4v) is 3.41. The molecular formula is C20H17IN2O5. The molecule has 0 bridgehead atoms. The zero-order valence-electron chi connectivity index (χ0n) is 14.9. The molecule has 0 amide bonds. The standard InChI is InChI=1S/C20H17IN2O5/c1-27-20(26)18(19(25)14-10-22-16-5-3-2-4-13(14)16)23-9-12-6-7-17(28-11-24)15(21)8-12/h2-10,18,22,24H,11H2,1H3/b23-9+. The summed E-state index contributed by atoms with van der Waals surface area (Å²) in [5.74, 6) is -0.656. The van der Waals surface area contributed by atoms with Crippen molar-refractivity contribution in [2.75, 3.05) is 13.9 Å². The number of fused-ring (bicyclic) bond motifs is 1. The van der Waals surface area contributed by atoms with Gasteiger partial charge in [-0.15, -0.1) is 0 Å². The smallest absolute Gasteiger partial charge is 0.338 e. The number of hydrogen-bond donors (Lipinski definition) is 2. The molecule has 0 spiro atoms. The van der Waals surface area contributed by atoms with Gasteiger partial charge in [-0.25, -0.2) is 4.79 Å². The Morgan fingerprint density at radius 2 is 2.07 bits per heavy atom. The van der Waals surface area contributed by atoms with Crippen LogP contribution in [0.15, 0.2) is 53.7 Å². The first kappa shape index (κ1) is 20.0. The van der Waals surface area contributed by atoms with E-state index in [-0.39, 0.29) is 0 Å². The first-order chi connectivity index (χ1) is 13.5. The van der Waals surface area contributed by atoms with Crippen molar-refractivity contribution in [1.82, 2.24) is 4.98 Å². The fourth-order valence-electron chi connectivity index (χ4n) is 2.71. The third kappa shape index (κ3) is 4.23. The number of carbonyl (C=O) groups is 2. The van der Waals surface area contributed by atoms with Crippen molar-refractivity contribution in [2.45, 2.75) is 6.04 Å². The predicted molar refractivity (Wildman–Crippen MR) is 113 cm³/mol. The van der Waals surface area contributed by atoms with Crippen LogP contribution < -0.4 is 4.74 Å². The van der Waals surface area contributed by atoms with Crippen LogP contribution in [0, 0.1) is 3.57 Å². The van der Waals surface area contributed by atoms with Gasteiger partial charge in [-0.2, -0.15) is 0 Å². The molecule has 0 saturated heterocycles. The van der Waals surface area contributed by atoms with Gasteiger partial charge in [0.1, 0.15) is 5.75 Å². The van der Waals surface area contributed by atoms with E-state index >= 15 is 0 Å². The molecule has 0 saturated carbocycles. The lowest BCUT2D eigenvalue weighted by molar-refractivity contribution is -0.140. The number of hydrogen-bond acceptors (Lipinski definition) is 6. The van der Waals surface area contributed by atoms with E-state index in [0.717, 1.165) is 14.5 Å². The normalized spacial score (nSPS) is 12.2. The minimum Gasteiger partial charge on any atom is -0.467 e. The maximum absolute atomic E-state index is 13.0. The van der Waals surface area contributed by atoms with Crippen molar-refractivity contribution < 1.29 is 24.2 Å². The van der Waals surface area contributed by atoms with E-state index in [2.05, 4.69) is 32.6 Å². The summed E-state index contributed by atoms with van der Waals surface area (Å²) in [4.78, 5) is 32.4. The van der Waals surface area contributed by atoms with Gasteiger partial charge in [0.2, 0.25) is 11.8 Å². The van der Waals surface area contributed by atoms with Crippen LogP contribution in [0.2, 0.25) is 0 Å². The highest BCUT2D eigenvalue weighted by molar-refractivity contribution is 14.1. The number of benzene rings is 2. The number of ketones is 1. The van der Waals surface area contributed by atoms with Crippen LogP contribution in [0.5, 0.6) is 5.75 Å². The monoisotopic (exact) mass is 492 g/mol. The zero-order valence-corrected chi connectivity index (χ0v) is 17.0.